The van der Waals surface area contributed by atoms with Crippen molar-refractivity contribution in [2.24, 2.45) is 0 Å². The topological polar surface area (TPSA) is 69.6 Å². The first-order chi connectivity index (χ1) is 9.63. The minimum Gasteiger partial charge on any atom is -0.365 e. The maximum Gasteiger partial charge on any atom is 0.434 e. The van der Waals surface area contributed by atoms with Crippen LogP contribution in [0, 0.1) is 0 Å². The van der Waals surface area contributed by atoms with Gasteiger partial charge in [-0.1, -0.05) is 28.7 Å². The summed E-state index contributed by atoms with van der Waals surface area (Å²) in [6.45, 7) is 1.44. The third-order valence-electron chi connectivity index (χ3n) is 3.10. The van der Waals surface area contributed by atoms with Gasteiger partial charge >= 0.3 is 6.18 Å². The van der Waals surface area contributed by atoms with E-state index in [1.165, 1.54) is 31.2 Å². The Balaban J connectivity index is 2.55. The molecule has 1 aliphatic rings. The number of allylic oxidation sites excluding steroid dienone is 1. The number of hydrazine groups is 1. The summed E-state index contributed by atoms with van der Waals surface area (Å²) < 4.78 is 63.9. The van der Waals surface area contributed by atoms with E-state index in [1.807, 2.05) is 0 Å². The van der Waals surface area contributed by atoms with Crippen molar-refractivity contribution in [3.63, 3.8) is 0 Å². The number of aliphatic hydroxyl groups is 1. The molecule has 1 heterocycles. The van der Waals surface area contributed by atoms with Crippen LogP contribution in [0.3, 0.4) is 0 Å². The van der Waals surface area contributed by atoms with Crippen LogP contribution in [0.4, 0.5) is 13.2 Å². The molecule has 5 nitrogen and oxygen atoms in total. The van der Waals surface area contributed by atoms with Crippen LogP contribution >= 0.6 is 0 Å². The van der Waals surface area contributed by atoms with Gasteiger partial charge in [0.15, 0.2) is 0 Å². The van der Waals surface area contributed by atoms with Crippen LogP contribution < -0.4 is 5.43 Å². The van der Waals surface area contributed by atoms with Gasteiger partial charge in [-0.3, -0.25) is 0 Å². The van der Waals surface area contributed by atoms with Crippen LogP contribution in [0.15, 0.2) is 47.0 Å². The summed E-state index contributed by atoms with van der Waals surface area (Å²) in [5.41, 5.74) is -1.44. The number of rotatable bonds is 2. The Hall–Kier alpha value is -1.58. The monoisotopic (exact) mass is 322 g/mol. The fourth-order valence-corrected chi connectivity index (χ4v) is 3.45. The highest BCUT2D eigenvalue weighted by Gasteiger charge is 2.65. The molecule has 9 heteroatoms. The SMILES string of the molecule is CC=C1CC(O)(C(F)(F)F)N(S(=O)(=O)c2ccccc2)N1. The molecule has 1 saturated heterocycles. The molecular formula is C12H13F3N2O3S. The summed E-state index contributed by atoms with van der Waals surface area (Å²) in [5.74, 6) is 0. The molecular weight excluding hydrogens is 309 g/mol. The Kier molecular flexibility index (Phi) is 3.77. The fourth-order valence-electron chi connectivity index (χ4n) is 1.94. The third kappa shape index (κ3) is 2.52. The van der Waals surface area contributed by atoms with Gasteiger partial charge in [0.25, 0.3) is 15.7 Å². The Morgan fingerprint density at radius 1 is 1.33 bits per heavy atom. The summed E-state index contributed by atoms with van der Waals surface area (Å²) in [6, 6.07) is 6.60. The number of benzene rings is 1. The summed E-state index contributed by atoms with van der Waals surface area (Å²) >= 11 is 0. The molecule has 1 fully saturated rings. The maximum atomic E-state index is 13.1. The van der Waals surface area contributed by atoms with Gasteiger partial charge in [-0.15, -0.1) is 0 Å². The predicted octanol–water partition coefficient (Wildman–Crippen LogP) is 1.74. The van der Waals surface area contributed by atoms with E-state index in [1.54, 1.807) is 0 Å². The van der Waals surface area contributed by atoms with Gasteiger partial charge in [-0.05, 0) is 19.1 Å². The molecule has 1 aliphatic heterocycles. The molecule has 2 rings (SSSR count). The lowest BCUT2D eigenvalue weighted by Gasteiger charge is -2.32. The number of halogens is 3. The second kappa shape index (κ2) is 5.00. The van der Waals surface area contributed by atoms with Crippen LogP contribution in [0.1, 0.15) is 13.3 Å². The van der Waals surface area contributed by atoms with Gasteiger partial charge in [0.05, 0.1) is 4.90 Å². The predicted molar refractivity (Wildman–Crippen MR) is 68.0 cm³/mol. The Morgan fingerprint density at radius 3 is 2.38 bits per heavy atom. The second-order valence-corrected chi connectivity index (χ2v) is 6.29. The zero-order chi connectivity index (χ0) is 15.9. The summed E-state index contributed by atoms with van der Waals surface area (Å²) in [7, 11) is -4.56. The normalized spacial score (nSPS) is 26.0. The maximum absolute atomic E-state index is 13.1. The zero-order valence-corrected chi connectivity index (χ0v) is 11.7. The van der Waals surface area contributed by atoms with Crippen molar-refractivity contribution in [3.05, 3.63) is 42.1 Å². The highest BCUT2D eigenvalue weighted by Crippen LogP contribution is 2.43. The molecule has 1 aromatic rings. The average molecular weight is 322 g/mol. The zero-order valence-electron chi connectivity index (χ0n) is 10.9. The number of hydrogen-bond donors (Lipinski definition) is 2. The van der Waals surface area contributed by atoms with E-state index in [4.69, 9.17) is 0 Å². The molecule has 0 aliphatic carbocycles. The summed E-state index contributed by atoms with van der Waals surface area (Å²) in [4.78, 5) is -0.350. The van der Waals surface area contributed by atoms with E-state index in [0.717, 1.165) is 12.1 Å². The van der Waals surface area contributed by atoms with E-state index >= 15 is 0 Å². The van der Waals surface area contributed by atoms with Crippen LogP contribution in [-0.2, 0) is 10.0 Å². The minimum absolute atomic E-state index is 0.0330. The summed E-state index contributed by atoms with van der Waals surface area (Å²) in [5, 5.41) is 9.90. The van der Waals surface area contributed by atoms with Crippen molar-refractivity contribution in [2.75, 3.05) is 0 Å². The lowest BCUT2D eigenvalue weighted by atomic mass is 10.1. The van der Waals surface area contributed by atoms with E-state index in [-0.39, 0.29) is 15.0 Å². The van der Waals surface area contributed by atoms with Gasteiger partial charge in [-0.25, -0.2) is 8.42 Å². The number of alkyl halides is 3. The van der Waals surface area contributed by atoms with Gasteiger partial charge in [0.2, 0.25) is 0 Å². The Labute approximate surface area is 119 Å². The molecule has 21 heavy (non-hydrogen) atoms. The molecule has 1 aromatic carbocycles. The number of hydrogen-bond acceptors (Lipinski definition) is 4. The highest BCUT2D eigenvalue weighted by atomic mass is 32.2. The average Bonchev–Trinajstić information content (AvgIpc) is 2.79. The molecule has 1 atom stereocenters. The van der Waals surface area contributed by atoms with Crippen molar-refractivity contribution < 1.29 is 26.7 Å². The first-order valence-corrected chi connectivity index (χ1v) is 7.38. The van der Waals surface area contributed by atoms with Crippen molar-refractivity contribution in [2.45, 2.75) is 30.1 Å². The van der Waals surface area contributed by atoms with E-state index in [2.05, 4.69) is 5.43 Å². The largest absolute Gasteiger partial charge is 0.434 e. The van der Waals surface area contributed by atoms with E-state index in [0.29, 0.717) is 0 Å². The molecule has 0 radical (unpaired) electrons. The van der Waals surface area contributed by atoms with Crippen LogP contribution in [0.25, 0.3) is 0 Å². The van der Waals surface area contributed by atoms with Crippen molar-refractivity contribution in [3.8, 4) is 0 Å². The van der Waals surface area contributed by atoms with Crippen molar-refractivity contribution >= 4 is 10.0 Å². The van der Waals surface area contributed by atoms with Gasteiger partial charge in [-0.2, -0.15) is 13.2 Å². The fraction of sp³-hybridized carbons (Fsp3) is 0.333. The molecule has 0 spiro atoms. The Bertz CT molecular complexity index is 658. The van der Waals surface area contributed by atoms with Crippen LogP contribution in [0.5, 0.6) is 0 Å². The van der Waals surface area contributed by atoms with Gasteiger partial charge < -0.3 is 10.5 Å². The van der Waals surface area contributed by atoms with Gasteiger partial charge in [0, 0.05) is 12.1 Å². The molecule has 0 saturated carbocycles. The Morgan fingerprint density at radius 2 is 1.90 bits per heavy atom. The first kappa shape index (κ1) is 15.8. The number of nitrogens with zero attached hydrogens (tertiary/aromatic N) is 1. The lowest BCUT2D eigenvalue weighted by molar-refractivity contribution is -0.292. The standard InChI is InChI=1S/C12H13F3N2O3S/c1-2-9-8-11(18,12(13,14)15)17(16-9)21(19,20)10-6-4-3-5-7-10/h2-7,16,18H,8H2,1H3. The molecule has 0 bridgehead atoms. The van der Waals surface area contributed by atoms with E-state index < -0.39 is 28.3 Å². The molecule has 1 unspecified atom stereocenters. The molecule has 116 valence electrons. The third-order valence-corrected chi connectivity index (χ3v) is 4.84. The lowest BCUT2D eigenvalue weighted by Crippen LogP contribution is -2.59. The molecule has 2 N–H and O–H groups in total. The molecule has 0 aromatic heterocycles. The molecule has 0 amide bonds. The quantitative estimate of drug-likeness (QED) is 0.870. The van der Waals surface area contributed by atoms with Gasteiger partial charge in [0.1, 0.15) is 0 Å². The number of nitrogens with one attached hydrogen (secondary N) is 1. The first-order valence-electron chi connectivity index (χ1n) is 5.94. The van der Waals surface area contributed by atoms with E-state index in [9.17, 15) is 26.7 Å². The summed E-state index contributed by atoms with van der Waals surface area (Å²) in [6.07, 6.45) is -4.76. The number of sulfonamides is 1. The second-order valence-electron chi connectivity index (χ2n) is 4.50. The minimum atomic E-state index is -5.15. The smallest absolute Gasteiger partial charge is 0.365 e. The highest BCUT2D eigenvalue weighted by molar-refractivity contribution is 7.89. The van der Waals surface area contributed by atoms with Crippen molar-refractivity contribution in [1.29, 1.82) is 0 Å². The van der Waals surface area contributed by atoms with Crippen LogP contribution in [-0.4, -0.2) is 29.8 Å². The van der Waals surface area contributed by atoms with Crippen molar-refractivity contribution in [1.82, 2.24) is 9.84 Å². The van der Waals surface area contributed by atoms with Crippen LogP contribution in [0.2, 0.25) is 0 Å².